The predicted octanol–water partition coefficient (Wildman–Crippen LogP) is 4.75. The summed E-state index contributed by atoms with van der Waals surface area (Å²) < 4.78 is 4.43. The summed E-state index contributed by atoms with van der Waals surface area (Å²) in [6.45, 7) is 9.20. The number of nitrogens with zero attached hydrogens (tertiary/aromatic N) is 4. The number of aromatic nitrogens is 3. The molecule has 0 fully saturated rings. The molecule has 0 amide bonds. The maximum Gasteiger partial charge on any atom is 0.139 e. The molecule has 4 heterocycles. The third-order valence-electron chi connectivity index (χ3n) is 5.72. The van der Waals surface area contributed by atoms with Crippen molar-refractivity contribution in [3.63, 3.8) is 0 Å². The van der Waals surface area contributed by atoms with Gasteiger partial charge in [0.25, 0.3) is 0 Å². The first-order valence-corrected chi connectivity index (χ1v) is 10.2. The second-order valence-corrected chi connectivity index (χ2v) is 7.93. The van der Waals surface area contributed by atoms with Crippen molar-refractivity contribution in [1.82, 2.24) is 19.7 Å². The van der Waals surface area contributed by atoms with Crippen LogP contribution in [0.4, 0.5) is 11.4 Å². The Balaban J connectivity index is 1.62. The molecule has 0 unspecified atom stereocenters. The average molecular weight is 399 g/mol. The van der Waals surface area contributed by atoms with Crippen LogP contribution >= 0.6 is 0 Å². The fourth-order valence-electron chi connectivity index (χ4n) is 4.25. The summed E-state index contributed by atoms with van der Waals surface area (Å²) in [4.78, 5) is 5.05. The molecule has 4 aromatic rings. The van der Waals surface area contributed by atoms with Gasteiger partial charge in [0.2, 0.25) is 0 Å². The number of hydrogen-bond acceptors (Lipinski definition) is 4. The van der Waals surface area contributed by atoms with Crippen LogP contribution in [0.2, 0.25) is 0 Å². The average Bonchev–Trinajstić information content (AvgIpc) is 3.39. The Morgan fingerprint density at radius 3 is 1.83 bits per heavy atom. The monoisotopic (exact) mass is 398 g/mol. The highest BCUT2D eigenvalue weighted by Crippen LogP contribution is 2.30. The molecule has 1 aliphatic heterocycles. The van der Waals surface area contributed by atoms with E-state index in [1.54, 1.807) is 0 Å². The SMILES string of the molecule is Cc1ccc(C)n1-c1cc(CN2NNc3ccccc32)cc(-n2c(C)ccc2C)n1. The van der Waals surface area contributed by atoms with Crippen molar-refractivity contribution in [3.8, 4) is 11.6 Å². The zero-order valence-corrected chi connectivity index (χ0v) is 17.8. The molecule has 0 aliphatic carbocycles. The van der Waals surface area contributed by atoms with Crippen LogP contribution in [0.1, 0.15) is 28.3 Å². The topological polar surface area (TPSA) is 50.0 Å². The summed E-state index contributed by atoms with van der Waals surface area (Å²) in [6.07, 6.45) is 0. The molecule has 0 spiro atoms. The van der Waals surface area contributed by atoms with E-state index in [2.05, 4.69) is 107 Å². The molecule has 30 heavy (non-hydrogen) atoms. The molecule has 3 aromatic heterocycles. The van der Waals surface area contributed by atoms with E-state index in [4.69, 9.17) is 4.98 Å². The van der Waals surface area contributed by atoms with E-state index in [9.17, 15) is 0 Å². The van der Waals surface area contributed by atoms with Gasteiger partial charge in [0.05, 0.1) is 17.9 Å². The molecule has 2 N–H and O–H groups in total. The number of benzene rings is 1. The molecular formula is C24H26N6. The number of hydrogen-bond donors (Lipinski definition) is 2. The molecule has 6 nitrogen and oxygen atoms in total. The van der Waals surface area contributed by atoms with Crippen LogP contribution in [0.15, 0.2) is 60.7 Å². The van der Waals surface area contributed by atoms with Crippen molar-refractivity contribution in [1.29, 1.82) is 0 Å². The van der Waals surface area contributed by atoms with Crippen LogP contribution in [-0.2, 0) is 6.54 Å². The minimum Gasteiger partial charge on any atom is -0.303 e. The number of anilines is 2. The molecule has 0 bridgehead atoms. The molecule has 1 aromatic carbocycles. The van der Waals surface area contributed by atoms with Gasteiger partial charge in [0, 0.05) is 22.8 Å². The van der Waals surface area contributed by atoms with Crippen LogP contribution in [0.5, 0.6) is 0 Å². The normalized spacial score (nSPS) is 12.9. The van der Waals surface area contributed by atoms with Gasteiger partial charge in [-0.15, -0.1) is 5.53 Å². The van der Waals surface area contributed by atoms with Gasteiger partial charge in [-0.1, -0.05) is 12.1 Å². The first kappa shape index (κ1) is 18.5. The summed E-state index contributed by atoms with van der Waals surface area (Å²) in [5, 5.41) is 2.13. The molecule has 5 rings (SSSR count). The summed E-state index contributed by atoms with van der Waals surface area (Å²) in [6, 6.07) is 21.2. The van der Waals surface area contributed by atoms with Crippen molar-refractivity contribution in [2.24, 2.45) is 0 Å². The predicted molar refractivity (Wildman–Crippen MR) is 121 cm³/mol. The number of aryl methyl sites for hydroxylation is 4. The smallest absolute Gasteiger partial charge is 0.139 e. The Labute approximate surface area is 176 Å². The minimum absolute atomic E-state index is 0.714. The van der Waals surface area contributed by atoms with Crippen LogP contribution < -0.4 is 16.0 Å². The number of fused-ring (bicyclic) bond motifs is 1. The molecule has 0 radical (unpaired) electrons. The van der Waals surface area contributed by atoms with E-state index < -0.39 is 0 Å². The lowest BCUT2D eigenvalue weighted by Crippen LogP contribution is -2.35. The van der Waals surface area contributed by atoms with Crippen molar-refractivity contribution in [2.45, 2.75) is 34.2 Å². The molecule has 0 saturated carbocycles. The second kappa shape index (κ2) is 7.07. The van der Waals surface area contributed by atoms with E-state index in [-0.39, 0.29) is 0 Å². The second-order valence-electron chi connectivity index (χ2n) is 7.93. The summed E-state index contributed by atoms with van der Waals surface area (Å²) >= 11 is 0. The largest absolute Gasteiger partial charge is 0.303 e. The van der Waals surface area contributed by atoms with Crippen molar-refractivity contribution >= 4 is 11.4 Å². The lowest BCUT2D eigenvalue weighted by Gasteiger charge is -2.20. The Bertz CT molecular complexity index is 1130. The molecular weight excluding hydrogens is 372 g/mol. The fraction of sp³-hybridized carbons (Fsp3) is 0.208. The molecule has 152 valence electrons. The fourth-order valence-corrected chi connectivity index (χ4v) is 4.25. The van der Waals surface area contributed by atoms with Gasteiger partial charge in [-0.3, -0.25) is 5.01 Å². The highest BCUT2D eigenvalue weighted by molar-refractivity contribution is 5.72. The summed E-state index contributed by atoms with van der Waals surface area (Å²) in [7, 11) is 0. The van der Waals surface area contributed by atoms with E-state index in [1.165, 1.54) is 28.3 Å². The summed E-state index contributed by atoms with van der Waals surface area (Å²) in [5.74, 6) is 1.88. The van der Waals surface area contributed by atoms with Crippen molar-refractivity contribution in [3.05, 3.63) is 89.0 Å². The van der Waals surface area contributed by atoms with Crippen molar-refractivity contribution in [2.75, 3.05) is 10.4 Å². The van der Waals surface area contributed by atoms with E-state index in [0.717, 1.165) is 23.0 Å². The molecule has 1 aliphatic rings. The standard InChI is InChI=1S/C24H26N6/c1-16-9-10-17(2)29(16)23-13-20(14-24(25-23)30-18(3)11-12-19(30)4)15-28-22-8-6-5-7-21(22)26-27-28/h5-14,26-27H,15H2,1-4H3. The number of rotatable bonds is 4. The highest BCUT2D eigenvalue weighted by atomic mass is 15.7. The number of para-hydroxylation sites is 2. The van der Waals surface area contributed by atoms with E-state index in [0.29, 0.717) is 6.54 Å². The first-order chi connectivity index (χ1) is 14.5. The quantitative estimate of drug-likeness (QED) is 0.521. The Kier molecular flexibility index (Phi) is 4.37. The van der Waals surface area contributed by atoms with Crippen LogP contribution in [0.25, 0.3) is 11.6 Å². The highest BCUT2D eigenvalue weighted by Gasteiger charge is 2.19. The van der Waals surface area contributed by atoms with Crippen LogP contribution in [0, 0.1) is 27.7 Å². The Hall–Kier alpha value is -3.51. The van der Waals surface area contributed by atoms with Crippen LogP contribution in [-0.4, -0.2) is 14.1 Å². The van der Waals surface area contributed by atoms with Gasteiger partial charge >= 0.3 is 0 Å². The lowest BCUT2D eigenvalue weighted by atomic mass is 10.2. The summed E-state index contributed by atoms with van der Waals surface area (Å²) in [5.41, 5.74) is 14.6. The van der Waals surface area contributed by atoms with Gasteiger partial charge in [-0.2, -0.15) is 0 Å². The number of nitrogens with one attached hydrogen (secondary N) is 2. The molecule has 0 atom stereocenters. The van der Waals surface area contributed by atoms with E-state index >= 15 is 0 Å². The Morgan fingerprint density at radius 1 is 0.733 bits per heavy atom. The maximum absolute atomic E-state index is 5.05. The minimum atomic E-state index is 0.714. The number of pyridine rings is 1. The maximum atomic E-state index is 5.05. The molecule has 6 heteroatoms. The van der Waals surface area contributed by atoms with Crippen LogP contribution in [0.3, 0.4) is 0 Å². The van der Waals surface area contributed by atoms with Gasteiger partial charge in [0.1, 0.15) is 11.6 Å². The lowest BCUT2D eigenvalue weighted by molar-refractivity contribution is 0.722. The van der Waals surface area contributed by atoms with Gasteiger partial charge in [0.15, 0.2) is 0 Å². The first-order valence-electron chi connectivity index (χ1n) is 10.2. The van der Waals surface area contributed by atoms with Gasteiger partial charge < -0.3 is 14.6 Å². The number of hydrazine groups is 2. The third kappa shape index (κ3) is 3.06. The van der Waals surface area contributed by atoms with Gasteiger partial charge in [-0.05, 0) is 81.8 Å². The third-order valence-corrected chi connectivity index (χ3v) is 5.72. The van der Waals surface area contributed by atoms with Crippen molar-refractivity contribution < 1.29 is 0 Å². The van der Waals surface area contributed by atoms with Gasteiger partial charge in [-0.25, -0.2) is 4.98 Å². The Morgan fingerprint density at radius 2 is 1.27 bits per heavy atom. The zero-order valence-electron chi connectivity index (χ0n) is 17.8. The van der Waals surface area contributed by atoms with E-state index in [1.807, 2.05) is 6.07 Å². The molecule has 0 saturated heterocycles. The zero-order chi connectivity index (χ0) is 20.8.